The molecule has 1 aromatic rings. The summed E-state index contributed by atoms with van der Waals surface area (Å²) in [6, 6.07) is 4.66. The van der Waals surface area contributed by atoms with Crippen LogP contribution in [0.4, 0.5) is 0 Å². The molecule has 0 aromatic carbocycles. The summed E-state index contributed by atoms with van der Waals surface area (Å²) in [5.41, 5.74) is 0. The largest absolute Gasteiger partial charge is 0.314 e. The van der Waals surface area contributed by atoms with Crippen LogP contribution in [-0.2, 0) is 0 Å². The van der Waals surface area contributed by atoms with E-state index in [1.807, 2.05) is 23.9 Å². The van der Waals surface area contributed by atoms with E-state index in [1.165, 1.54) is 25.7 Å². The fourth-order valence-corrected chi connectivity index (χ4v) is 3.71. The van der Waals surface area contributed by atoms with Gasteiger partial charge in [-0.2, -0.15) is 0 Å². The van der Waals surface area contributed by atoms with Crippen LogP contribution < -0.4 is 5.32 Å². The lowest BCUT2D eigenvalue weighted by Crippen LogP contribution is -2.32. The number of pyridine rings is 1. The molecule has 2 atom stereocenters. The molecular formula is C14H21ClN2S. The molecule has 1 fully saturated rings. The van der Waals surface area contributed by atoms with Crippen LogP contribution in [0.3, 0.4) is 0 Å². The number of nitrogens with one attached hydrogen (secondary N) is 1. The van der Waals surface area contributed by atoms with Crippen molar-refractivity contribution < 1.29 is 0 Å². The molecule has 2 unspecified atom stereocenters. The van der Waals surface area contributed by atoms with Gasteiger partial charge in [0.1, 0.15) is 0 Å². The van der Waals surface area contributed by atoms with Gasteiger partial charge in [-0.15, -0.1) is 11.8 Å². The molecule has 2 nitrogen and oxygen atoms in total. The Bertz CT molecular complexity index is 355. The van der Waals surface area contributed by atoms with Crippen LogP contribution in [0.5, 0.6) is 0 Å². The van der Waals surface area contributed by atoms with Gasteiger partial charge in [0.25, 0.3) is 0 Å². The fraction of sp³-hybridized carbons (Fsp3) is 0.643. The minimum Gasteiger partial charge on any atom is -0.314 e. The third-order valence-corrected chi connectivity index (χ3v) is 4.76. The second-order valence-corrected chi connectivity index (χ2v) is 6.36. The summed E-state index contributed by atoms with van der Waals surface area (Å²) in [5, 5.41) is 5.40. The summed E-state index contributed by atoms with van der Waals surface area (Å²) in [6.45, 7) is 3.29. The van der Waals surface area contributed by atoms with Crippen LogP contribution in [0, 0.1) is 5.92 Å². The van der Waals surface area contributed by atoms with Crippen molar-refractivity contribution in [1.29, 1.82) is 0 Å². The maximum atomic E-state index is 5.82. The molecule has 1 heterocycles. The number of rotatable bonds is 6. The molecule has 2 rings (SSSR count). The van der Waals surface area contributed by atoms with Gasteiger partial charge in [-0.05, 0) is 49.6 Å². The predicted octanol–water partition coefficient (Wildman–Crippen LogP) is 4.00. The van der Waals surface area contributed by atoms with E-state index in [-0.39, 0.29) is 0 Å². The average molecular weight is 285 g/mol. The highest BCUT2D eigenvalue weighted by molar-refractivity contribution is 7.99. The van der Waals surface area contributed by atoms with Gasteiger partial charge in [0.05, 0.1) is 10.0 Å². The van der Waals surface area contributed by atoms with Crippen LogP contribution in [0.2, 0.25) is 5.02 Å². The molecule has 4 heteroatoms. The van der Waals surface area contributed by atoms with Gasteiger partial charge in [-0.3, -0.25) is 0 Å². The molecular weight excluding hydrogens is 264 g/mol. The van der Waals surface area contributed by atoms with E-state index in [0.29, 0.717) is 5.02 Å². The smallest absolute Gasteiger partial charge is 0.0960 e. The zero-order valence-electron chi connectivity index (χ0n) is 10.9. The summed E-state index contributed by atoms with van der Waals surface area (Å²) in [7, 11) is 0. The van der Waals surface area contributed by atoms with Crippen LogP contribution in [-0.4, -0.2) is 23.3 Å². The molecule has 1 N–H and O–H groups in total. The van der Waals surface area contributed by atoms with E-state index >= 15 is 0 Å². The molecule has 1 aliphatic carbocycles. The van der Waals surface area contributed by atoms with Crippen molar-refractivity contribution in [2.75, 3.05) is 12.3 Å². The Labute approximate surface area is 119 Å². The molecule has 1 aliphatic rings. The van der Waals surface area contributed by atoms with E-state index in [4.69, 9.17) is 11.6 Å². The quantitative estimate of drug-likeness (QED) is 0.800. The molecule has 0 aliphatic heterocycles. The van der Waals surface area contributed by atoms with Crippen LogP contribution >= 0.6 is 23.4 Å². The van der Waals surface area contributed by atoms with Crippen molar-refractivity contribution in [2.45, 2.75) is 43.7 Å². The van der Waals surface area contributed by atoms with Gasteiger partial charge in [0, 0.05) is 12.2 Å². The van der Waals surface area contributed by atoms with E-state index < -0.39 is 0 Å². The van der Waals surface area contributed by atoms with E-state index in [0.717, 1.165) is 29.3 Å². The minimum absolute atomic E-state index is 0.711. The number of hydrogen-bond donors (Lipinski definition) is 1. The summed E-state index contributed by atoms with van der Waals surface area (Å²) < 4.78 is 0. The van der Waals surface area contributed by atoms with Gasteiger partial charge < -0.3 is 5.32 Å². The molecule has 1 aromatic heterocycles. The molecule has 0 saturated heterocycles. The van der Waals surface area contributed by atoms with Crippen LogP contribution in [0.25, 0.3) is 0 Å². The van der Waals surface area contributed by atoms with Crippen molar-refractivity contribution >= 4 is 23.4 Å². The van der Waals surface area contributed by atoms with Gasteiger partial charge >= 0.3 is 0 Å². The Kier molecular flexibility index (Phi) is 5.80. The maximum Gasteiger partial charge on any atom is 0.0960 e. The number of halogens is 1. The van der Waals surface area contributed by atoms with Crippen molar-refractivity contribution in [3.8, 4) is 0 Å². The summed E-state index contributed by atoms with van der Waals surface area (Å²) in [6.07, 6.45) is 7.12. The Morgan fingerprint density at radius 1 is 1.44 bits per heavy atom. The average Bonchev–Trinajstić information content (AvgIpc) is 2.80. The maximum absolute atomic E-state index is 5.82. The minimum atomic E-state index is 0.711. The number of hydrogen-bond acceptors (Lipinski definition) is 3. The number of aromatic nitrogens is 1. The van der Waals surface area contributed by atoms with Crippen molar-refractivity contribution in [3.05, 3.63) is 23.4 Å². The first kappa shape index (κ1) is 14.2. The van der Waals surface area contributed by atoms with E-state index in [1.54, 1.807) is 6.20 Å². The third kappa shape index (κ3) is 4.15. The van der Waals surface area contributed by atoms with Crippen molar-refractivity contribution in [1.82, 2.24) is 10.3 Å². The molecule has 100 valence electrons. The van der Waals surface area contributed by atoms with Gasteiger partial charge in [-0.1, -0.05) is 24.9 Å². The summed E-state index contributed by atoms with van der Waals surface area (Å²) in [4.78, 5) is 4.31. The topological polar surface area (TPSA) is 24.9 Å². The highest BCUT2D eigenvalue weighted by atomic mass is 35.5. The fourth-order valence-electron chi connectivity index (χ4n) is 2.68. The van der Waals surface area contributed by atoms with E-state index in [2.05, 4.69) is 17.2 Å². The van der Waals surface area contributed by atoms with Gasteiger partial charge in [0.15, 0.2) is 0 Å². The third-order valence-electron chi connectivity index (χ3n) is 3.56. The van der Waals surface area contributed by atoms with Crippen LogP contribution in [0.15, 0.2) is 23.4 Å². The first-order chi connectivity index (χ1) is 8.79. The highest BCUT2D eigenvalue weighted by Crippen LogP contribution is 2.30. The second-order valence-electron chi connectivity index (χ2n) is 4.81. The normalized spacial score (nSPS) is 23.4. The monoisotopic (exact) mass is 284 g/mol. The first-order valence-electron chi connectivity index (χ1n) is 6.77. The molecule has 0 bridgehead atoms. The van der Waals surface area contributed by atoms with Crippen molar-refractivity contribution in [2.24, 2.45) is 5.92 Å². The lowest BCUT2D eigenvalue weighted by molar-refractivity contribution is 0.400. The molecule has 0 spiro atoms. The Morgan fingerprint density at radius 3 is 3.06 bits per heavy atom. The lowest BCUT2D eigenvalue weighted by Gasteiger charge is -2.19. The Morgan fingerprint density at radius 2 is 2.33 bits per heavy atom. The lowest BCUT2D eigenvalue weighted by atomic mass is 10.0. The van der Waals surface area contributed by atoms with Gasteiger partial charge in [-0.25, -0.2) is 4.98 Å². The molecule has 0 amide bonds. The number of nitrogens with zero attached hydrogens (tertiary/aromatic N) is 1. The molecule has 18 heavy (non-hydrogen) atoms. The SMILES string of the molecule is CCNC1CCCC1CCSc1ccc(Cl)cn1. The highest BCUT2D eigenvalue weighted by Gasteiger charge is 2.25. The second kappa shape index (κ2) is 7.37. The Hall–Kier alpha value is -0.250. The summed E-state index contributed by atoms with van der Waals surface area (Å²) >= 11 is 7.66. The van der Waals surface area contributed by atoms with Crippen LogP contribution in [0.1, 0.15) is 32.6 Å². The van der Waals surface area contributed by atoms with Gasteiger partial charge in [0.2, 0.25) is 0 Å². The summed E-state index contributed by atoms with van der Waals surface area (Å²) in [5.74, 6) is 2.01. The van der Waals surface area contributed by atoms with E-state index in [9.17, 15) is 0 Å². The first-order valence-corrected chi connectivity index (χ1v) is 8.13. The molecule has 1 saturated carbocycles. The molecule has 0 radical (unpaired) electrons. The number of thioether (sulfide) groups is 1. The zero-order chi connectivity index (χ0) is 12.8. The standard InChI is InChI=1S/C14H21ClN2S/c1-2-16-13-5-3-4-11(13)8-9-18-14-7-6-12(15)10-17-14/h6-7,10-11,13,16H,2-5,8-9H2,1H3. The zero-order valence-corrected chi connectivity index (χ0v) is 12.4. The Balaban J connectivity index is 1.73. The van der Waals surface area contributed by atoms with Crippen molar-refractivity contribution in [3.63, 3.8) is 0 Å². The predicted molar refractivity (Wildman–Crippen MR) is 79.4 cm³/mol.